The molecule has 0 radical (unpaired) electrons. The van der Waals surface area contributed by atoms with Gasteiger partial charge in [0.05, 0.1) is 13.0 Å². The highest BCUT2D eigenvalue weighted by atomic mass is 16.5. The second-order valence-corrected chi connectivity index (χ2v) is 3.81. The van der Waals surface area contributed by atoms with Crippen LogP contribution in [0.15, 0.2) is 0 Å². The Balaban J connectivity index is 2.03. The van der Waals surface area contributed by atoms with Crippen molar-refractivity contribution < 1.29 is 4.74 Å². The molecular weight excluding hydrogens is 152 g/mol. The topological polar surface area (TPSA) is 36.3 Å². The Kier molecular flexibility index (Phi) is 2.05. The summed E-state index contributed by atoms with van der Waals surface area (Å²) in [5, 5.41) is 7.64. The summed E-state index contributed by atoms with van der Waals surface area (Å²) in [5.41, 5.74) is 0. The average molecular weight is 168 g/mol. The van der Waals surface area contributed by atoms with Crippen LogP contribution >= 0.6 is 0 Å². The van der Waals surface area contributed by atoms with Gasteiger partial charge in [-0.2, -0.15) is 0 Å². The molecule has 0 aliphatic carbocycles. The fourth-order valence-electron chi connectivity index (χ4n) is 2.41. The molecule has 3 fully saturated rings. The molecule has 0 unspecified atom stereocenters. The Hall–Kier alpha value is -0.570. The van der Waals surface area contributed by atoms with Crippen molar-refractivity contribution >= 4 is 5.90 Å². The predicted octanol–water partition coefficient (Wildman–Crippen LogP) is 0.952. The molecule has 0 spiro atoms. The zero-order valence-electron chi connectivity index (χ0n) is 7.55. The smallest absolute Gasteiger partial charge is 0.184 e. The standard InChI is InChI=1S/C9H16N2O/c1-12-9(10)8-6-11-4-2-7(8)3-5-11/h7-8,10H,2-6H2,1H3/t8-/m0/s1. The van der Waals surface area contributed by atoms with Crippen molar-refractivity contribution in [3.63, 3.8) is 0 Å². The van der Waals surface area contributed by atoms with E-state index in [4.69, 9.17) is 10.1 Å². The van der Waals surface area contributed by atoms with Gasteiger partial charge in [0.25, 0.3) is 0 Å². The van der Waals surface area contributed by atoms with E-state index in [0.717, 1.165) is 12.5 Å². The second kappa shape index (κ2) is 3.05. The number of fused-ring (bicyclic) bond motifs is 3. The van der Waals surface area contributed by atoms with Gasteiger partial charge in [0, 0.05) is 6.54 Å². The van der Waals surface area contributed by atoms with E-state index < -0.39 is 0 Å². The minimum Gasteiger partial charge on any atom is -0.484 e. The van der Waals surface area contributed by atoms with Gasteiger partial charge in [0.15, 0.2) is 5.90 Å². The zero-order chi connectivity index (χ0) is 8.55. The molecule has 2 bridgehead atoms. The third-order valence-corrected chi connectivity index (χ3v) is 3.21. The van der Waals surface area contributed by atoms with Gasteiger partial charge in [0.1, 0.15) is 0 Å². The fourth-order valence-corrected chi connectivity index (χ4v) is 2.41. The fraction of sp³-hybridized carbons (Fsp3) is 0.889. The van der Waals surface area contributed by atoms with Crippen LogP contribution in [0.5, 0.6) is 0 Å². The van der Waals surface area contributed by atoms with E-state index in [9.17, 15) is 0 Å². The van der Waals surface area contributed by atoms with Crippen LogP contribution in [-0.4, -0.2) is 37.5 Å². The monoisotopic (exact) mass is 168 g/mol. The molecule has 0 amide bonds. The van der Waals surface area contributed by atoms with Crippen molar-refractivity contribution in [2.75, 3.05) is 26.7 Å². The largest absolute Gasteiger partial charge is 0.484 e. The Morgan fingerprint density at radius 3 is 2.50 bits per heavy atom. The molecule has 0 aromatic rings. The van der Waals surface area contributed by atoms with Crippen LogP contribution in [0, 0.1) is 17.2 Å². The maximum Gasteiger partial charge on any atom is 0.184 e. The summed E-state index contributed by atoms with van der Waals surface area (Å²) in [6.07, 6.45) is 2.52. The minimum absolute atomic E-state index is 0.387. The first-order valence-corrected chi connectivity index (χ1v) is 4.66. The summed E-state index contributed by atoms with van der Waals surface area (Å²) in [6.45, 7) is 3.52. The molecule has 1 atom stereocenters. The molecule has 12 heavy (non-hydrogen) atoms. The first-order valence-electron chi connectivity index (χ1n) is 4.66. The third kappa shape index (κ3) is 1.22. The van der Waals surface area contributed by atoms with Crippen LogP contribution in [0.4, 0.5) is 0 Å². The normalized spacial score (nSPS) is 39.6. The number of hydrogen-bond acceptors (Lipinski definition) is 3. The van der Waals surface area contributed by atoms with E-state index in [1.807, 2.05) is 0 Å². The number of hydrogen-bond donors (Lipinski definition) is 1. The van der Waals surface area contributed by atoms with Gasteiger partial charge >= 0.3 is 0 Å². The van der Waals surface area contributed by atoms with Crippen molar-refractivity contribution in [2.45, 2.75) is 12.8 Å². The predicted molar refractivity (Wildman–Crippen MR) is 47.4 cm³/mol. The molecule has 3 nitrogen and oxygen atoms in total. The van der Waals surface area contributed by atoms with Crippen LogP contribution in [0.3, 0.4) is 0 Å². The third-order valence-electron chi connectivity index (χ3n) is 3.21. The van der Waals surface area contributed by atoms with Crippen LogP contribution < -0.4 is 0 Å². The molecule has 1 N–H and O–H groups in total. The highest BCUT2D eigenvalue weighted by Crippen LogP contribution is 2.32. The SMILES string of the molecule is COC(=N)[C@H]1CN2CCC1CC2. The summed E-state index contributed by atoms with van der Waals surface area (Å²) in [4.78, 5) is 2.44. The van der Waals surface area contributed by atoms with Crippen molar-refractivity contribution in [1.29, 1.82) is 5.41 Å². The number of rotatable bonds is 1. The number of methoxy groups -OCH3 is 1. The van der Waals surface area contributed by atoms with E-state index >= 15 is 0 Å². The van der Waals surface area contributed by atoms with Crippen molar-refractivity contribution in [1.82, 2.24) is 4.90 Å². The van der Waals surface area contributed by atoms with Crippen molar-refractivity contribution in [2.24, 2.45) is 11.8 Å². The molecule has 68 valence electrons. The van der Waals surface area contributed by atoms with E-state index in [1.54, 1.807) is 7.11 Å². The summed E-state index contributed by atoms with van der Waals surface area (Å²) in [6, 6.07) is 0. The quantitative estimate of drug-likeness (QED) is 0.467. The Morgan fingerprint density at radius 1 is 1.42 bits per heavy atom. The molecule has 3 rings (SSSR count). The maximum atomic E-state index is 7.64. The van der Waals surface area contributed by atoms with Gasteiger partial charge in [-0.3, -0.25) is 5.41 Å². The minimum atomic E-state index is 0.387. The summed E-state index contributed by atoms with van der Waals surface area (Å²) < 4.78 is 5.00. The Morgan fingerprint density at radius 2 is 2.08 bits per heavy atom. The second-order valence-electron chi connectivity index (χ2n) is 3.81. The van der Waals surface area contributed by atoms with Gasteiger partial charge in [-0.25, -0.2) is 0 Å². The van der Waals surface area contributed by atoms with Crippen LogP contribution in [-0.2, 0) is 4.74 Å². The lowest BCUT2D eigenvalue weighted by atomic mass is 9.79. The molecule has 3 heteroatoms. The maximum absolute atomic E-state index is 7.64. The van der Waals surface area contributed by atoms with Crippen molar-refractivity contribution in [3.8, 4) is 0 Å². The molecule has 0 saturated carbocycles. The van der Waals surface area contributed by atoms with E-state index in [2.05, 4.69) is 4.90 Å². The molecule has 0 aromatic carbocycles. The lowest BCUT2D eigenvalue weighted by molar-refractivity contribution is 0.0713. The number of piperidine rings is 3. The number of nitrogens with zero attached hydrogens (tertiary/aromatic N) is 1. The lowest BCUT2D eigenvalue weighted by Gasteiger charge is -2.44. The van der Waals surface area contributed by atoms with E-state index in [-0.39, 0.29) is 0 Å². The van der Waals surface area contributed by atoms with Crippen LogP contribution in [0.25, 0.3) is 0 Å². The first kappa shape index (κ1) is 8.05. The first-order chi connectivity index (χ1) is 5.81. The van der Waals surface area contributed by atoms with Gasteiger partial charge < -0.3 is 9.64 Å². The molecule has 3 aliphatic rings. The van der Waals surface area contributed by atoms with E-state index in [1.165, 1.54) is 25.9 Å². The Labute approximate surface area is 73.2 Å². The summed E-state index contributed by atoms with van der Waals surface area (Å²) >= 11 is 0. The van der Waals surface area contributed by atoms with E-state index in [0.29, 0.717) is 11.8 Å². The number of nitrogens with one attached hydrogen (secondary N) is 1. The molecule has 3 aliphatic heterocycles. The van der Waals surface area contributed by atoms with Gasteiger partial charge in [-0.1, -0.05) is 0 Å². The van der Waals surface area contributed by atoms with Crippen LogP contribution in [0.2, 0.25) is 0 Å². The molecule has 0 aromatic heterocycles. The zero-order valence-corrected chi connectivity index (χ0v) is 7.55. The van der Waals surface area contributed by atoms with Gasteiger partial charge in [0.2, 0.25) is 0 Å². The van der Waals surface area contributed by atoms with Gasteiger partial charge in [-0.15, -0.1) is 0 Å². The van der Waals surface area contributed by atoms with Crippen LogP contribution in [0.1, 0.15) is 12.8 Å². The molecular formula is C9H16N2O. The molecule has 3 saturated heterocycles. The summed E-state index contributed by atoms with van der Waals surface area (Å²) in [5.74, 6) is 1.60. The highest BCUT2D eigenvalue weighted by molar-refractivity contribution is 5.76. The number of ether oxygens (including phenoxy) is 1. The lowest BCUT2D eigenvalue weighted by Crippen LogP contribution is -2.50. The van der Waals surface area contributed by atoms with Crippen molar-refractivity contribution in [3.05, 3.63) is 0 Å². The Bertz CT molecular complexity index is 185. The highest BCUT2D eigenvalue weighted by Gasteiger charge is 2.36. The molecule has 3 heterocycles. The summed E-state index contributed by atoms with van der Waals surface area (Å²) in [7, 11) is 1.61. The average Bonchev–Trinajstić information content (AvgIpc) is 2.18. The van der Waals surface area contributed by atoms with Gasteiger partial charge in [-0.05, 0) is 31.8 Å².